The highest BCUT2D eigenvalue weighted by atomic mass is 32.2. The van der Waals surface area contributed by atoms with Crippen molar-refractivity contribution in [2.75, 3.05) is 19.3 Å². The average Bonchev–Trinajstić information content (AvgIpc) is 2.87. The first-order valence-electron chi connectivity index (χ1n) is 7.16. The molecule has 0 unspecified atom stereocenters. The summed E-state index contributed by atoms with van der Waals surface area (Å²) >= 11 is 0. The molecule has 5 heteroatoms. The number of aryl methyl sites for hydroxylation is 1. The summed E-state index contributed by atoms with van der Waals surface area (Å²) in [5.41, 5.74) is 7.96. The molecule has 2 N–H and O–H groups in total. The third-order valence-corrected chi connectivity index (χ3v) is 6.39. The van der Waals surface area contributed by atoms with Gasteiger partial charge in [-0.1, -0.05) is 18.9 Å². The molecule has 0 amide bonds. The second kappa shape index (κ2) is 5.74. The van der Waals surface area contributed by atoms with Crippen LogP contribution in [0.25, 0.3) is 0 Å². The van der Waals surface area contributed by atoms with Crippen LogP contribution in [0.2, 0.25) is 0 Å². The molecule has 1 aliphatic carbocycles. The maximum absolute atomic E-state index is 12.8. The normalized spacial score (nSPS) is 17.0. The van der Waals surface area contributed by atoms with E-state index in [1.165, 1.54) is 17.1 Å². The molecule has 0 radical (unpaired) electrons. The average molecular weight is 296 g/mol. The summed E-state index contributed by atoms with van der Waals surface area (Å²) in [5, 5.41) is 0. The third kappa shape index (κ3) is 2.83. The van der Waals surface area contributed by atoms with Gasteiger partial charge in [0.1, 0.15) is 4.90 Å². The number of rotatable bonds is 4. The van der Waals surface area contributed by atoms with Crippen LogP contribution in [0.3, 0.4) is 0 Å². The molecule has 1 aromatic rings. The lowest BCUT2D eigenvalue weighted by Crippen LogP contribution is -2.32. The lowest BCUT2D eigenvalue weighted by atomic mass is 10.1. The van der Waals surface area contributed by atoms with Crippen molar-refractivity contribution in [3.05, 3.63) is 23.3 Å². The van der Waals surface area contributed by atoms with E-state index in [1.54, 1.807) is 13.1 Å². The summed E-state index contributed by atoms with van der Waals surface area (Å²) in [6.07, 6.45) is 4.68. The molecule has 0 bridgehead atoms. The summed E-state index contributed by atoms with van der Waals surface area (Å²) < 4.78 is 27.0. The molecule has 0 saturated heterocycles. The molecule has 112 valence electrons. The highest BCUT2D eigenvalue weighted by molar-refractivity contribution is 7.89. The van der Waals surface area contributed by atoms with E-state index in [4.69, 9.17) is 5.73 Å². The fourth-order valence-corrected chi connectivity index (χ4v) is 4.60. The largest absolute Gasteiger partial charge is 0.398 e. The van der Waals surface area contributed by atoms with Gasteiger partial charge in [0.15, 0.2) is 0 Å². The first kappa shape index (κ1) is 15.3. The minimum atomic E-state index is -3.50. The van der Waals surface area contributed by atoms with Crippen molar-refractivity contribution in [3.63, 3.8) is 0 Å². The number of anilines is 1. The molecule has 0 aliphatic heterocycles. The van der Waals surface area contributed by atoms with Gasteiger partial charge in [-0.25, -0.2) is 12.7 Å². The molecule has 1 saturated carbocycles. The Bertz CT molecular complexity index is 590. The Balaban J connectivity index is 2.32. The van der Waals surface area contributed by atoms with Crippen LogP contribution in [-0.2, 0) is 10.0 Å². The number of hydrogen-bond donors (Lipinski definition) is 1. The molecule has 2 rings (SSSR count). The standard InChI is InChI=1S/C15H24N2O2S/c1-11-8-9-14(16)15(12(11)2)20(18,19)17(3)10-13-6-4-5-7-13/h8-9,13H,4-7,10,16H2,1-3H3. The van der Waals surface area contributed by atoms with Crippen LogP contribution in [0.1, 0.15) is 36.8 Å². The van der Waals surface area contributed by atoms with Gasteiger partial charge >= 0.3 is 0 Å². The predicted octanol–water partition coefficient (Wildman–Crippen LogP) is 2.70. The topological polar surface area (TPSA) is 63.4 Å². The Morgan fingerprint density at radius 2 is 1.85 bits per heavy atom. The Labute approximate surface area is 122 Å². The molecule has 1 fully saturated rings. The number of benzene rings is 1. The maximum Gasteiger partial charge on any atom is 0.245 e. The Morgan fingerprint density at radius 3 is 2.45 bits per heavy atom. The minimum absolute atomic E-state index is 0.276. The molecule has 0 spiro atoms. The van der Waals surface area contributed by atoms with E-state index in [0.717, 1.165) is 24.0 Å². The van der Waals surface area contributed by atoms with Crippen LogP contribution in [0, 0.1) is 19.8 Å². The van der Waals surface area contributed by atoms with Gasteiger partial charge in [-0.05, 0) is 49.8 Å². The number of sulfonamides is 1. The summed E-state index contributed by atoms with van der Waals surface area (Å²) in [5.74, 6) is 0.487. The number of nitrogens with zero attached hydrogens (tertiary/aromatic N) is 1. The molecule has 0 heterocycles. The van der Waals surface area contributed by atoms with E-state index in [9.17, 15) is 8.42 Å². The molecular formula is C15H24N2O2S. The Kier molecular flexibility index (Phi) is 4.39. The summed E-state index contributed by atoms with van der Waals surface area (Å²) in [7, 11) is -1.84. The van der Waals surface area contributed by atoms with Crippen molar-refractivity contribution >= 4 is 15.7 Å². The molecule has 0 aromatic heterocycles. The second-order valence-corrected chi connectivity index (χ2v) is 7.84. The molecule has 0 atom stereocenters. The third-order valence-electron chi connectivity index (χ3n) is 4.37. The summed E-state index contributed by atoms with van der Waals surface area (Å²) in [6.45, 7) is 4.32. The smallest absolute Gasteiger partial charge is 0.245 e. The van der Waals surface area contributed by atoms with E-state index in [-0.39, 0.29) is 4.90 Å². The van der Waals surface area contributed by atoms with Crippen LogP contribution in [0.15, 0.2) is 17.0 Å². The van der Waals surface area contributed by atoms with Crippen LogP contribution >= 0.6 is 0 Å². The quantitative estimate of drug-likeness (QED) is 0.869. The van der Waals surface area contributed by atoms with E-state index >= 15 is 0 Å². The van der Waals surface area contributed by atoms with Gasteiger partial charge < -0.3 is 5.73 Å². The fourth-order valence-electron chi connectivity index (χ4n) is 2.96. The summed E-state index contributed by atoms with van der Waals surface area (Å²) in [4.78, 5) is 0.276. The predicted molar refractivity (Wildman–Crippen MR) is 82.1 cm³/mol. The Morgan fingerprint density at radius 1 is 1.25 bits per heavy atom. The van der Waals surface area contributed by atoms with Gasteiger partial charge in [-0.15, -0.1) is 0 Å². The molecular weight excluding hydrogens is 272 g/mol. The molecule has 1 aliphatic rings. The zero-order valence-corrected chi connectivity index (χ0v) is 13.3. The Hall–Kier alpha value is -1.07. The van der Waals surface area contributed by atoms with Crippen molar-refractivity contribution in [3.8, 4) is 0 Å². The van der Waals surface area contributed by atoms with Crippen molar-refractivity contribution in [1.82, 2.24) is 4.31 Å². The van der Waals surface area contributed by atoms with Gasteiger partial charge in [0.05, 0.1) is 5.69 Å². The fraction of sp³-hybridized carbons (Fsp3) is 0.600. The van der Waals surface area contributed by atoms with Crippen LogP contribution in [0.4, 0.5) is 5.69 Å². The summed E-state index contributed by atoms with van der Waals surface area (Å²) in [6, 6.07) is 3.54. The first-order valence-corrected chi connectivity index (χ1v) is 8.60. The first-order chi connectivity index (χ1) is 9.34. The van der Waals surface area contributed by atoms with Crippen molar-refractivity contribution in [2.45, 2.75) is 44.4 Å². The monoisotopic (exact) mass is 296 g/mol. The minimum Gasteiger partial charge on any atom is -0.398 e. The molecule has 20 heavy (non-hydrogen) atoms. The van der Waals surface area contributed by atoms with Gasteiger partial charge in [0, 0.05) is 13.6 Å². The molecule has 1 aromatic carbocycles. The van der Waals surface area contributed by atoms with Gasteiger partial charge in [0.2, 0.25) is 10.0 Å². The van der Waals surface area contributed by atoms with Gasteiger partial charge in [-0.3, -0.25) is 0 Å². The van der Waals surface area contributed by atoms with E-state index < -0.39 is 10.0 Å². The van der Waals surface area contributed by atoms with E-state index in [0.29, 0.717) is 18.2 Å². The van der Waals surface area contributed by atoms with Crippen molar-refractivity contribution in [2.24, 2.45) is 5.92 Å². The molecule has 4 nitrogen and oxygen atoms in total. The number of nitrogens with two attached hydrogens (primary N) is 1. The maximum atomic E-state index is 12.8. The lowest BCUT2D eigenvalue weighted by Gasteiger charge is -2.23. The van der Waals surface area contributed by atoms with Crippen molar-refractivity contribution in [1.29, 1.82) is 0 Å². The number of hydrogen-bond acceptors (Lipinski definition) is 3. The van der Waals surface area contributed by atoms with Crippen molar-refractivity contribution < 1.29 is 8.42 Å². The zero-order chi connectivity index (χ0) is 14.9. The number of nitrogen functional groups attached to an aromatic ring is 1. The van der Waals surface area contributed by atoms with Crippen LogP contribution in [0.5, 0.6) is 0 Å². The highest BCUT2D eigenvalue weighted by Gasteiger charge is 2.28. The highest BCUT2D eigenvalue weighted by Crippen LogP contribution is 2.30. The van der Waals surface area contributed by atoms with E-state index in [2.05, 4.69) is 0 Å². The van der Waals surface area contributed by atoms with Gasteiger partial charge in [-0.2, -0.15) is 0 Å². The van der Waals surface area contributed by atoms with Crippen LogP contribution < -0.4 is 5.73 Å². The lowest BCUT2D eigenvalue weighted by molar-refractivity contribution is 0.387. The SMILES string of the molecule is Cc1ccc(N)c(S(=O)(=O)N(C)CC2CCCC2)c1C. The van der Waals surface area contributed by atoms with E-state index in [1.807, 2.05) is 19.9 Å². The van der Waals surface area contributed by atoms with Gasteiger partial charge in [0.25, 0.3) is 0 Å². The van der Waals surface area contributed by atoms with Crippen LogP contribution in [-0.4, -0.2) is 26.3 Å². The zero-order valence-electron chi connectivity index (χ0n) is 12.5. The second-order valence-electron chi connectivity index (χ2n) is 5.86.